The van der Waals surface area contributed by atoms with Crippen LogP contribution in [0.3, 0.4) is 0 Å². The molecule has 0 spiro atoms. The van der Waals surface area contributed by atoms with Gasteiger partial charge in [0.1, 0.15) is 10.6 Å². The summed E-state index contributed by atoms with van der Waals surface area (Å²) in [4.78, 5) is 22.5. The molecule has 6 rings (SSSR count). The third-order valence-electron chi connectivity index (χ3n) is 7.34. The van der Waals surface area contributed by atoms with Gasteiger partial charge < -0.3 is 9.64 Å². The van der Waals surface area contributed by atoms with Crippen LogP contribution in [-0.2, 0) is 10.2 Å². The summed E-state index contributed by atoms with van der Waals surface area (Å²) in [6.45, 7) is 9.73. The Morgan fingerprint density at radius 2 is 2.00 bits per heavy atom. The number of fused-ring (bicyclic) bond motifs is 4. The molecule has 3 fully saturated rings. The number of allylic oxidation sites excluding steroid dienone is 1. The number of benzene rings is 1. The Balaban J connectivity index is 1.47. The van der Waals surface area contributed by atoms with Crippen molar-refractivity contribution in [1.82, 2.24) is 14.8 Å². The minimum Gasteiger partial charge on any atom is -0.443 e. The van der Waals surface area contributed by atoms with Crippen LogP contribution < -0.4 is 0 Å². The third-order valence-corrected chi connectivity index (χ3v) is 8.62. The number of hydrogen-bond donors (Lipinski definition) is 0. The monoisotopic (exact) mass is 453 g/mol. The first-order chi connectivity index (χ1) is 15.1. The zero-order valence-corrected chi connectivity index (χ0v) is 20.8. The summed E-state index contributed by atoms with van der Waals surface area (Å²) in [6.07, 6.45) is 7.96. The summed E-state index contributed by atoms with van der Waals surface area (Å²) in [5, 5.41) is 1.30. The molecule has 172 valence electrons. The highest BCUT2D eigenvalue weighted by atomic mass is 32.1. The van der Waals surface area contributed by atoms with E-state index in [0.717, 1.165) is 35.8 Å². The summed E-state index contributed by atoms with van der Waals surface area (Å²) in [6, 6.07) is 7.26. The van der Waals surface area contributed by atoms with Crippen LogP contribution in [0.15, 0.2) is 24.3 Å². The average molecular weight is 454 g/mol. The zero-order valence-electron chi connectivity index (χ0n) is 20.0. The van der Waals surface area contributed by atoms with Gasteiger partial charge in [-0.05, 0) is 78.0 Å². The first-order valence-corrected chi connectivity index (χ1v) is 12.8. The summed E-state index contributed by atoms with van der Waals surface area (Å²) >= 11 is 1.86. The summed E-state index contributed by atoms with van der Waals surface area (Å²) in [5.41, 5.74) is 2.76. The Bertz CT molecular complexity index is 1060. The van der Waals surface area contributed by atoms with Crippen LogP contribution in [0.2, 0.25) is 0 Å². The number of nitrogens with zero attached hydrogens (tertiary/aromatic N) is 3. The molecule has 2 aromatic rings. The maximum atomic E-state index is 13.0. The van der Waals surface area contributed by atoms with Gasteiger partial charge in [-0.25, -0.2) is 9.78 Å². The second kappa shape index (κ2) is 7.84. The number of amides is 1. The highest BCUT2D eigenvalue weighted by Gasteiger charge is 2.46. The van der Waals surface area contributed by atoms with Gasteiger partial charge in [0.15, 0.2) is 0 Å². The number of aromatic nitrogens is 1. The molecule has 1 amide bonds. The number of ether oxygens (including phenoxy) is 1. The maximum Gasteiger partial charge on any atom is 0.414 e. The predicted octanol–water partition coefficient (Wildman–Crippen LogP) is 6.04. The molecule has 0 radical (unpaired) electrons. The van der Waals surface area contributed by atoms with E-state index in [1.165, 1.54) is 35.4 Å². The Morgan fingerprint density at radius 1 is 1.25 bits per heavy atom. The predicted molar refractivity (Wildman–Crippen MR) is 131 cm³/mol. The molecule has 3 aliphatic heterocycles. The summed E-state index contributed by atoms with van der Waals surface area (Å²) < 4.78 is 6.96. The van der Waals surface area contributed by atoms with Crippen molar-refractivity contribution in [3.05, 3.63) is 34.8 Å². The van der Waals surface area contributed by atoms with Gasteiger partial charge in [-0.3, -0.25) is 4.90 Å². The van der Waals surface area contributed by atoms with Crippen molar-refractivity contribution in [2.75, 3.05) is 20.1 Å². The number of hydrogen-bond acceptors (Lipinski definition) is 5. The van der Waals surface area contributed by atoms with E-state index in [1.54, 1.807) is 0 Å². The smallest absolute Gasteiger partial charge is 0.414 e. The minimum atomic E-state index is -0.512. The molecule has 0 N–H and O–H groups in total. The van der Waals surface area contributed by atoms with Crippen LogP contribution in [-0.4, -0.2) is 52.7 Å². The molecule has 0 unspecified atom stereocenters. The molecule has 1 saturated carbocycles. The quantitative estimate of drug-likeness (QED) is 0.556. The van der Waals surface area contributed by atoms with E-state index >= 15 is 0 Å². The lowest BCUT2D eigenvalue weighted by molar-refractivity contribution is 0.0327. The zero-order chi connectivity index (χ0) is 22.7. The van der Waals surface area contributed by atoms with Gasteiger partial charge >= 0.3 is 6.09 Å². The van der Waals surface area contributed by atoms with Gasteiger partial charge in [0, 0.05) is 30.1 Å². The summed E-state index contributed by atoms with van der Waals surface area (Å²) in [7, 11) is 2.27. The van der Waals surface area contributed by atoms with Crippen LogP contribution in [0.5, 0.6) is 0 Å². The fourth-order valence-corrected chi connectivity index (χ4v) is 6.81. The van der Waals surface area contributed by atoms with E-state index in [9.17, 15) is 4.79 Å². The van der Waals surface area contributed by atoms with Crippen LogP contribution in [0.25, 0.3) is 15.9 Å². The Kier molecular flexibility index (Phi) is 5.37. The molecule has 2 bridgehead atoms. The molecule has 6 heteroatoms. The lowest BCUT2D eigenvalue weighted by Gasteiger charge is -2.50. The fourth-order valence-electron chi connectivity index (χ4n) is 5.63. The van der Waals surface area contributed by atoms with E-state index in [-0.39, 0.29) is 11.5 Å². The molecular weight excluding hydrogens is 418 g/mol. The van der Waals surface area contributed by atoms with Crippen LogP contribution in [0, 0.1) is 5.92 Å². The Hall–Kier alpha value is -1.92. The first-order valence-electron chi connectivity index (χ1n) is 12.0. The van der Waals surface area contributed by atoms with Crippen molar-refractivity contribution in [2.45, 2.75) is 76.9 Å². The molecule has 5 nitrogen and oxygen atoms in total. The third kappa shape index (κ3) is 3.96. The van der Waals surface area contributed by atoms with Crippen LogP contribution >= 0.6 is 11.3 Å². The van der Waals surface area contributed by atoms with Gasteiger partial charge in [0.2, 0.25) is 0 Å². The average Bonchev–Trinajstić information content (AvgIpc) is 3.17. The van der Waals surface area contributed by atoms with Crippen molar-refractivity contribution >= 4 is 33.3 Å². The lowest BCUT2D eigenvalue weighted by atomic mass is 9.68. The number of carbonyl (C=O) groups is 1. The Labute approximate surface area is 195 Å². The van der Waals surface area contributed by atoms with E-state index in [2.05, 4.69) is 43.1 Å². The molecule has 1 aromatic heterocycles. The van der Waals surface area contributed by atoms with Crippen molar-refractivity contribution < 1.29 is 9.53 Å². The molecular formula is C26H35N3O2S. The van der Waals surface area contributed by atoms with Crippen molar-refractivity contribution in [1.29, 1.82) is 0 Å². The summed E-state index contributed by atoms with van der Waals surface area (Å²) in [5.74, 6) is 0.415. The van der Waals surface area contributed by atoms with E-state index in [1.807, 2.05) is 37.0 Å². The van der Waals surface area contributed by atoms with Crippen LogP contribution in [0.4, 0.5) is 4.79 Å². The first kappa shape index (κ1) is 21.9. The van der Waals surface area contributed by atoms with E-state index in [0.29, 0.717) is 12.5 Å². The number of likely N-dealkylation sites (N-methyl/N-ethyl adjacent to an activating group) is 1. The molecule has 4 heterocycles. The van der Waals surface area contributed by atoms with Crippen LogP contribution in [0.1, 0.15) is 70.4 Å². The van der Waals surface area contributed by atoms with Crippen molar-refractivity contribution in [2.24, 2.45) is 5.92 Å². The molecule has 1 aliphatic carbocycles. The Morgan fingerprint density at radius 3 is 2.69 bits per heavy atom. The van der Waals surface area contributed by atoms with Gasteiger partial charge in [-0.15, -0.1) is 11.3 Å². The standard InChI is InChI=1S/C26H35N3O2S/c1-17-6-8-21(29(15-17)24(30)31-25(2,3)4)18-7-9-22-20(14-18)27-23(32-22)26-12-10-19(11-13-26)28(5)16-26/h7-9,14,17,19H,6,10-13,15-16H2,1-5H3/t17-,19?,26?/m0/s1. The largest absolute Gasteiger partial charge is 0.443 e. The van der Waals surface area contributed by atoms with Gasteiger partial charge in [-0.2, -0.15) is 0 Å². The lowest BCUT2D eigenvalue weighted by Crippen LogP contribution is -2.54. The minimum absolute atomic E-state index is 0.218. The molecule has 1 atom stereocenters. The molecule has 1 aromatic carbocycles. The normalized spacial score (nSPS) is 28.8. The number of rotatable bonds is 2. The number of piperidine rings is 2. The molecule has 32 heavy (non-hydrogen) atoms. The van der Waals surface area contributed by atoms with Crippen molar-refractivity contribution in [3.63, 3.8) is 0 Å². The highest BCUT2D eigenvalue weighted by Crippen LogP contribution is 2.48. The molecule has 4 aliphatic rings. The maximum absolute atomic E-state index is 13.0. The number of thiazole rings is 1. The van der Waals surface area contributed by atoms with E-state index in [4.69, 9.17) is 9.72 Å². The topological polar surface area (TPSA) is 45.7 Å². The van der Waals surface area contributed by atoms with Crippen molar-refractivity contribution in [3.8, 4) is 0 Å². The second-order valence-electron chi connectivity index (χ2n) is 11.1. The van der Waals surface area contributed by atoms with Gasteiger partial charge in [0.05, 0.1) is 15.9 Å². The SMILES string of the molecule is C[C@H]1CC=C(c2ccc3sc(C45CCC(CC4)N(C)C5)nc3c2)N(C(=O)OC(C)(C)C)C1. The fraction of sp³-hybridized carbons (Fsp3) is 0.615. The number of carbonyl (C=O) groups excluding carboxylic acids is 1. The highest BCUT2D eigenvalue weighted by molar-refractivity contribution is 7.18. The second-order valence-corrected chi connectivity index (χ2v) is 12.2. The molecule has 2 saturated heterocycles. The van der Waals surface area contributed by atoms with E-state index < -0.39 is 5.60 Å². The van der Waals surface area contributed by atoms with Gasteiger partial charge in [0.25, 0.3) is 0 Å². The van der Waals surface area contributed by atoms with Gasteiger partial charge in [-0.1, -0.05) is 19.1 Å².